The third kappa shape index (κ3) is 5.15. The fourth-order valence-corrected chi connectivity index (χ4v) is 4.44. The summed E-state index contributed by atoms with van der Waals surface area (Å²) in [6.45, 7) is 11.9. The lowest BCUT2D eigenvalue weighted by molar-refractivity contribution is 0.0360. The highest BCUT2D eigenvalue weighted by atomic mass is 16.6. The van der Waals surface area contributed by atoms with E-state index in [-0.39, 0.29) is 11.3 Å². The van der Waals surface area contributed by atoms with Crippen LogP contribution < -0.4 is 10.5 Å². The number of primary amides is 1. The second-order valence-corrected chi connectivity index (χ2v) is 10.2. The van der Waals surface area contributed by atoms with Gasteiger partial charge >= 0.3 is 6.09 Å². The second-order valence-electron chi connectivity index (χ2n) is 10.2. The van der Waals surface area contributed by atoms with Crippen molar-refractivity contribution in [1.82, 2.24) is 9.55 Å². The van der Waals surface area contributed by atoms with Gasteiger partial charge in [-0.15, -0.1) is 0 Å². The SMILES string of the molecule is CCOc1ccc(C(C)c2nc3cc(C(OC(N)=O)C(C)(C)C)ccc3n2CC2CC2)cc1. The minimum atomic E-state index is -0.765. The van der Waals surface area contributed by atoms with Crippen LogP contribution in [0.4, 0.5) is 4.79 Å². The number of nitrogens with zero attached hydrogens (tertiary/aromatic N) is 2. The molecule has 1 aliphatic carbocycles. The number of benzene rings is 2. The quantitative estimate of drug-likeness (QED) is 0.445. The van der Waals surface area contributed by atoms with Crippen LogP contribution >= 0.6 is 0 Å². The number of hydrogen-bond acceptors (Lipinski definition) is 4. The van der Waals surface area contributed by atoms with E-state index in [1.807, 2.05) is 52.0 Å². The van der Waals surface area contributed by atoms with E-state index in [4.69, 9.17) is 20.2 Å². The second kappa shape index (κ2) is 9.08. The molecule has 2 atom stereocenters. The molecule has 2 unspecified atom stereocenters. The lowest BCUT2D eigenvalue weighted by atomic mass is 9.84. The van der Waals surface area contributed by atoms with Crippen LogP contribution in [0.15, 0.2) is 42.5 Å². The van der Waals surface area contributed by atoms with Crippen LogP contribution in [0.25, 0.3) is 11.0 Å². The van der Waals surface area contributed by atoms with Gasteiger partial charge in [0.25, 0.3) is 0 Å². The molecule has 1 aromatic heterocycles. The van der Waals surface area contributed by atoms with Crippen molar-refractivity contribution in [3.63, 3.8) is 0 Å². The molecule has 1 aliphatic rings. The lowest BCUT2D eigenvalue weighted by Gasteiger charge is -2.30. The number of rotatable bonds is 8. The van der Waals surface area contributed by atoms with Crippen molar-refractivity contribution < 1.29 is 14.3 Å². The fraction of sp³-hybridized carbons (Fsp3) is 0.481. The Morgan fingerprint density at radius 3 is 2.39 bits per heavy atom. The Bertz CT molecular complexity index is 1120. The van der Waals surface area contributed by atoms with E-state index in [1.165, 1.54) is 18.4 Å². The molecule has 6 heteroatoms. The normalized spacial score (nSPS) is 15.9. The summed E-state index contributed by atoms with van der Waals surface area (Å²) in [7, 11) is 0. The van der Waals surface area contributed by atoms with Gasteiger partial charge in [-0.1, -0.05) is 45.9 Å². The number of aromatic nitrogens is 2. The van der Waals surface area contributed by atoms with E-state index in [0.29, 0.717) is 12.5 Å². The van der Waals surface area contributed by atoms with Gasteiger partial charge in [-0.25, -0.2) is 9.78 Å². The molecular formula is C27H35N3O3. The van der Waals surface area contributed by atoms with Gasteiger partial charge in [0.15, 0.2) is 0 Å². The first kappa shape index (κ1) is 23.1. The van der Waals surface area contributed by atoms with Gasteiger partial charge in [-0.05, 0) is 61.1 Å². The minimum absolute atomic E-state index is 0.135. The Balaban J connectivity index is 1.74. The molecule has 176 valence electrons. The van der Waals surface area contributed by atoms with Crippen molar-refractivity contribution in [2.45, 2.75) is 66.0 Å². The molecule has 0 spiro atoms. The predicted octanol–water partition coefficient (Wildman–Crippen LogP) is 6.18. The molecule has 2 aromatic carbocycles. The summed E-state index contributed by atoms with van der Waals surface area (Å²) in [6.07, 6.45) is 1.33. The highest BCUT2D eigenvalue weighted by Crippen LogP contribution is 2.39. The largest absolute Gasteiger partial charge is 0.494 e. The Hall–Kier alpha value is -3.02. The van der Waals surface area contributed by atoms with Crippen LogP contribution in [0.5, 0.6) is 5.75 Å². The lowest BCUT2D eigenvalue weighted by Crippen LogP contribution is -2.26. The molecule has 1 saturated carbocycles. The zero-order valence-electron chi connectivity index (χ0n) is 20.3. The maximum Gasteiger partial charge on any atom is 0.405 e. The Morgan fingerprint density at radius 1 is 1.15 bits per heavy atom. The standard InChI is InChI=1S/C27H35N3O3/c1-6-32-21-12-9-19(10-13-21)17(2)25-29-22-15-20(24(27(3,4)5)33-26(28)31)11-14-23(22)30(25)16-18-7-8-18/h9-15,17-18,24H,6-8,16H2,1-5H3,(H2,28,31). The summed E-state index contributed by atoms with van der Waals surface area (Å²) in [4.78, 5) is 16.7. The summed E-state index contributed by atoms with van der Waals surface area (Å²) < 4.78 is 13.5. The molecule has 2 N–H and O–H groups in total. The van der Waals surface area contributed by atoms with Gasteiger partial charge in [-0.3, -0.25) is 0 Å². The van der Waals surface area contributed by atoms with E-state index >= 15 is 0 Å². The monoisotopic (exact) mass is 449 g/mol. The predicted molar refractivity (Wildman–Crippen MR) is 130 cm³/mol. The number of nitrogens with two attached hydrogens (primary N) is 1. The van der Waals surface area contributed by atoms with Crippen LogP contribution in [-0.4, -0.2) is 22.3 Å². The van der Waals surface area contributed by atoms with Gasteiger partial charge < -0.3 is 19.8 Å². The van der Waals surface area contributed by atoms with Crippen molar-refractivity contribution >= 4 is 17.1 Å². The maximum atomic E-state index is 11.6. The molecule has 1 fully saturated rings. The minimum Gasteiger partial charge on any atom is -0.494 e. The Labute approximate surface area is 196 Å². The number of amides is 1. The first-order chi connectivity index (χ1) is 15.7. The van der Waals surface area contributed by atoms with E-state index < -0.39 is 12.2 Å². The van der Waals surface area contributed by atoms with Crippen LogP contribution in [-0.2, 0) is 11.3 Å². The molecule has 0 aliphatic heterocycles. The van der Waals surface area contributed by atoms with Crippen molar-refractivity contribution in [1.29, 1.82) is 0 Å². The third-order valence-corrected chi connectivity index (χ3v) is 6.34. The molecule has 1 amide bonds. The van der Waals surface area contributed by atoms with Gasteiger partial charge in [0.2, 0.25) is 0 Å². The van der Waals surface area contributed by atoms with E-state index in [1.54, 1.807) is 0 Å². The Kier molecular flexibility index (Phi) is 6.37. The molecule has 3 aromatic rings. The highest BCUT2D eigenvalue weighted by molar-refractivity contribution is 5.77. The van der Waals surface area contributed by atoms with E-state index in [9.17, 15) is 4.79 Å². The smallest absolute Gasteiger partial charge is 0.405 e. The molecule has 6 nitrogen and oxygen atoms in total. The zero-order valence-corrected chi connectivity index (χ0v) is 20.3. The maximum absolute atomic E-state index is 11.6. The van der Waals surface area contributed by atoms with Gasteiger partial charge in [0.1, 0.15) is 17.7 Å². The number of imidazole rings is 1. The van der Waals surface area contributed by atoms with Crippen molar-refractivity contribution in [3.8, 4) is 5.75 Å². The molecular weight excluding hydrogens is 414 g/mol. The molecule has 1 heterocycles. The van der Waals surface area contributed by atoms with Crippen LogP contribution in [0, 0.1) is 11.3 Å². The van der Waals surface area contributed by atoms with Crippen LogP contribution in [0.3, 0.4) is 0 Å². The average molecular weight is 450 g/mol. The van der Waals surface area contributed by atoms with Crippen LogP contribution in [0.1, 0.15) is 76.4 Å². The molecule has 4 rings (SSSR count). The summed E-state index contributed by atoms with van der Waals surface area (Å²) in [5.41, 5.74) is 9.23. The van der Waals surface area contributed by atoms with E-state index in [0.717, 1.165) is 34.7 Å². The van der Waals surface area contributed by atoms with Gasteiger partial charge in [-0.2, -0.15) is 0 Å². The number of carbonyl (C=O) groups is 1. The number of hydrogen-bond donors (Lipinski definition) is 1. The molecule has 0 saturated heterocycles. The molecule has 33 heavy (non-hydrogen) atoms. The topological polar surface area (TPSA) is 79.4 Å². The van der Waals surface area contributed by atoms with Crippen molar-refractivity contribution in [2.24, 2.45) is 17.1 Å². The van der Waals surface area contributed by atoms with Crippen LogP contribution in [0.2, 0.25) is 0 Å². The van der Waals surface area contributed by atoms with Gasteiger partial charge in [0.05, 0.1) is 17.6 Å². The summed E-state index contributed by atoms with van der Waals surface area (Å²) >= 11 is 0. The van der Waals surface area contributed by atoms with Gasteiger partial charge in [0, 0.05) is 17.9 Å². The number of ether oxygens (including phenoxy) is 2. The third-order valence-electron chi connectivity index (χ3n) is 6.34. The number of fused-ring (bicyclic) bond motifs is 1. The molecule has 0 radical (unpaired) electrons. The first-order valence-electron chi connectivity index (χ1n) is 11.9. The van der Waals surface area contributed by atoms with Crippen molar-refractivity contribution in [3.05, 3.63) is 59.4 Å². The van der Waals surface area contributed by atoms with E-state index in [2.05, 4.69) is 29.7 Å². The summed E-state index contributed by atoms with van der Waals surface area (Å²) in [6, 6.07) is 14.5. The fourth-order valence-electron chi connectivity index (χ4n) is 4.44. The average Bonchev–Trinajstić information content (AvgIpc) is 3.51. The summed E-state index contributed by atoms with van der Waals surface area (Å²) in [5, 5.41) is 0. The number of carbonyl (C=O) groups excluding carboxylic acids is 1. The Morgan fingerprint density at radius 2 is 1.82 bits per heavy atom. The highest BCUT2D eigenvalue weighted by Gasteiger charge is 2.31. The summed E-state index contributed by atoms with van der Waals surface area (Å²) in [5.74, 6) is 2.79. The zero-order chi connectivity index (χ0) is 23.8. The molecule has 0 bridgehead atoms. The first-order valence-corrected chi connectivity index (χ1v) is 11.9. The van der Waals surface area contributed by atoms with Crippen molar-refractivity contribution in [2.75, 3.05) is 6.61 Å².